The first kappa shape index (κ1) is 17.2. The van der Waals surface area contributed by atoms with Gasteiger partial charge in [0.15, 0.2) is 0 Å². The summed E-state index contributed by atoms with van der Waals surface area (Å²) in [5.74, 6) is -0.435. The van der Waals surface area contributed by atoms with Crippen molar-refractivity contribution in [2.24, 2.45) is 5.92 Å². The first-order valence-electron chi connectivity index (χ1n) is 7.84. The molecule has 7 heteroatoms. The average Bonchev–Trinajstić information content (AvgIpc) is 2.89. The van der Waals surface area contributed by atoms with Crippen LogP contribution in [0.1, 0.15) is 23.5 Å². The van der Waals surface area contributed by atoms with E-state index in [1.165, 1.54) is 23.5 Å². The highest BCUT2D eigenvalue weighted by Crippen LogP contribution is 2.36. The van der Waals surface area contributed by atoms with Gasteiger partial charge in [-0.05, 0) is 18.2 Å². The third-order valence-corrected chi connectivity index (χ3v) is 5.80. The number of carbonyl (C=O) groups is 2. The Bertz CT molecular complexity index is 797. The Hall–Kier alpha value is -1.66. The Morgan fingerprint density at radius 3 is 2.42 bits per heavy atom. The van der Waals surface area contributed by atoms with Gasteiger partial charge in [-0.25, -0.2) is 4.39 Å². The van der Waals surface area contributed by atoms with Gasteiger partial charge in [0, 0.05) is 42.2 Å². The molecule has 1 aromatic carbocycles. The number of carbonyl (C=O) groups excluding carboxylic acids is 2. The molecule has 1 fully saturated rings. The smallest absolute Gasteiger partial charge is 0.265 e. The number of hydrogen-bond acceptors (Lipinski definition) is 3. The van der Waals surface area contributed by atoms with Crippen molar-refractivity contribution in [2.45, 2.75) is 13.8 Å². The zero-order valence-electron chi connectivity index (χ0n) is 13.5. The van der Waals surface area contributed by atoms with Crippen LogP contribution in [0.15, 0.2) is 18.2 Å². The van der Waals surface area contributed by atoms with Crippen LogP contribution in [-0.2, 0) is 4.79 Å². The fourth-order valence-electron chi connectivity index (χ4n) is 2.82. The molecule has 1 saturated heterocycles. The molecule has 128 valence electrons. The van der Waals surface area contributed by atoms with E-state index in [1.54, 1.807) is 15.9 Å². The molecule has 24 heavy (non-hydrogen) atoms. The summed E-state index contributed by atoms with van der Waals surface area (Å²) in [6.07, 6.45) is 0. The highest BCUT2D eigenvalue weighted by Gasteiger charge is 2.28. The van der Waals surface area contributed by atoms with E-state index >= 15 is 0 Å². The van der Waals surface area contributed by atoms with Gasteiger partial charge in [0.05, 0.1) is 5.02 Å². The van der Waals surface area contributed by atoms with Crippen LogP contribution in [0.25, 0.3) is 10.1 Å². The molecule has 0 N–H and O–H groups in total. The lowest BCUT2D eigenvalue weighted by atomic mass is 10.1. The molecule has 0 aliphatic carbocycles. The number of fused-ring (bicyclic) bond motifs is 1. The van der Waals surface area contributed by atoms with Crippen LogP contribution in [0.5, 0.6) is 0 Å². The summed E-state index contributed by atoms with van der Waals surface area (Å²) in [5, 5.41) is 1.07. The Morgan fingerprint density at radius 2 is 1.79 bits per heavy atom. The molecule has 2 amide bonds. The Morgan fingerprint density at radius 1 is 1.17 bits per heavy atom. The third kappa shape index (κ3) is 3.13. The number of hydrogen-bond donors (Lipinski definition) is 0. The van der Waals surface area contributed by atoms with Crippen molar-refractivity contribution in [2.75, 3.05) is 26.2 Å². The summed E-state index contributed by atoms with van der Waals surface area (Å²) >= 11 is 7.53. The summed E-state index contributed by atoms with van der Waals surface area (Å²) in [7, 11) is 0. The number of nitrogens with zero attached hydrogens (tertiary/aromatic N) is 2. The molecule has 0 saturated carbocycles. The maximum Gasteiger partial charge on any atom is 0.265 e. The molecular formula is C17H18ClFN2O2S. The van der Waals surface area contributed by atoms with Crippen LogP contribution in [0, 0.1) is 11.7 Å². The molecule has 2 aromatic rings. The minimum absolute atomic E-state index is 0.0424. The van der Waals surface area contributed by atoms with Gasteiger partial charge >= 0.3 is 0 Å². The van der Waals surface area contributed by atoms with Gasteiger partial charge in [-0.3, -0.25) is 9.59 Å². The molecule has 0 spiro atoms. The lowest BCUT2D eigenvalue weighted by Gasteiger charge is -2.35. The van der Waals surface area contributed by atoms with Gasteiger partial charge in [0.2, 0.25) is 5.91 Å². The second-order valence-corrected chi connectivity index (χ2v) is 7.59. The van der Waals surface area contributed by atoms with E-state index in [0.29, 0.717) is 46.2 Å². The molecule has 2 heterocycles. The summed E-state index contributed by atoms with van der Waals surface area (Å²) in [4.78, 5) is 28.7. The SMILES string of the molecule is CC(C)C(=O)N1CCN(C(=O)c2sc3cc(F)ccc3c2Cl)CC1. The number of thiophene rings is 1. The minimum Gasteiger partial charge on any atom is -0.339 e. The van der Waals surface area contributed by atoms with Crippen LogP contribution in [-0.4, -0.2) is 47.8 Å². The molecule has 0 unspecified atom stereocenters. The molecule has 1 aliphatic heterocycles. The van der Waals surface area contributed by atoms with Crippen LogP contribution in [0.2, 0.25) is 5.02 Å². The second kappa shape index (κ2) is 6.69. The molecule has 0 radical (unpaired) electrons. The van der Waals surface area contributed by atoms with Crippen molar-refractivity contribution >= 4 is 44.8 Å². The van der Waals surface area contributed by atoms with E-state index < -0.39 is 0 Å². The highest BCUT2D eigenvalue weighted by molar-refractivity contribution is 7.21. The van der Waals surface area contributed by atoms with Crippen LogP contribution < -0.4 is 0 Å². The lowest BCUT2D eigenvalue weighted by Crippen LogP contribution is -2.51. The minimum atomic E-state index is -0.347. The van der Waals surface area contributed by atoms with E-state index in [-0.39, 0.29) is 23.5 Å². The van der Waals surface area contributed by atoms with Gasteiger partial charge in [0.25, 0.3) is 5.91 Å². The summed E-state index contributed by atoms with van der Waals surface area (Å²) in [6, 6.07) is 4.33. The zero-order valence-corrected chi connectivity index (χ0v) is 15.1. The van der Waals surface area contributed by atoms with Crippen molar-refractivity contribution < 1.29 is 14.0 Å². The molecule has 0 atom stereocenters. The largest absolute Gasteiger partial charge is 0.339 e. The summed E-state index contributed by atoms with van der Waals surface area (Å²) < 4.78 is 14.0. The van der Waals surface area contributed by atoms with E-state index in [9.17, 15) is 14.0 Å². The summed E-state index contributed by atoms with van der Waals surface area (Å²) in [6.45, 7) is 5.76. The van der Waals surface area contributed by atoms with Crippen molar-refractivity contribution in [1.29, 1.82) is 0 Å². The molecule has 0 bridgehead atoms. The standard InChI is InChI=1S/C17H18ClFN2O2S/c1-10(2)16(22)20-5-7-21(8-6-20)17(23)15-14(18)12-4-3-11(19)9-13(12)24-15/h3-4,9-10H,5-8H2,1-2H3. The van der Waals surface area contributed by atoms with E-state index in [4.69, 9.17) is 11.6 Å². The third-order valence-electron chi connectivity index (χ3n) is 4.16. The molecule has 1 aromatic heterocycles. The van der Waals surface area contributed by atoms with Crippen molar-refractivity contribution in [3.8, 4) is 0 Å². The van der Waals surface area contributed by atoms with Crippen molar-refractivity contribution in [1.82, 2.24) is 9.80 Å². The molecule has 1 aliphatic rings. The fraction of sp³-hybridized carbons (Fsp3) is 0.412. The van der Waals surface area contributed by atoms with Gasteiger partial charge in [-0.15, -0.1) is 11.3 Å². The quantitative estimate of drug-likeness (QED) is 0.812. The second-order valence-electron chi connectivity index (χ2n) is 6.16. The van der Waals surface area contributed by atoms with E-state index in [2.05, 4.69) is 0 Å². The number of rotatable bonds is 2. The predicted molar refractivity (Wildman–Crippen MR) is 94.1 cm³/mol. The maximum atomic E-state index is 13.3. The monoisotopic (exact) mass is 368 g/mol. The number of amides is 2. The average molecular weight is 369 g/mol. The topological polar surface area (TPSA) is 40.6 Å². The van der Waals surface area contributed by atoms with Gasteiger partial charge < -0.3 is 9.80 Å². The van der Waals surface area contributed by atoms with Crippen LogP contribution in [0.3, 0.4) is 0 Å². The number of piperazine rings is 1. The van der Waals surface area contributed by atoms with Gasteiger partial charge in [-0.2, -0.15) is 0 Å². The lowest BCUT2D eigenvalue weighted by molar-refractivity contribution is -0.135. The zero-order chi connectivity index (χ0) is 17.4. The number of halogens is 2. The Balaban J connectivity index is 1.76. The molecule has 4 nitrogen and oxygen atoms in total. The molecule has 3 rings (SSSR count). The van der Waals surface area contributed by atoms with E-state index in [0.717, 1.165) is 0 Å². The maximum absolute atomic E-state index is 13.3. The van der Waals surface area contributed by atoms with Gasteiger partial charge in [-0.1, -0.05) is 25.4 Å². The van der Waals surface area contributed by atoms with Gasteiger partial charge in [0.1, 0.15) is 10.7 Å². The normalized spacial score (nSPS) is 15.4. The van der Waals surface area contributed by atoms with Crippen LogP contribution in [0.4, 0.5) is 4.39 Å². The number of benzene rings is 1. The Labute approximate surface area is 148 Å². The van der Waals surface area contributed by atoms with Crippen molar-refractivity contribution in [3.63, 3.8) is 0 Å². The molecular weight excluding hydrogens is 351 g/mol. The van der Waals surface area contributed by atoms with Crippen LogP contribution >= 0.6 is 22.9 Å². The first-order chi connectivity index (χ1) is 11.4. The predicted octanol–water partition coefficient (Wildman–Crippen LogP) is 3.63. The summed E-state index contributed by atoms with van der Waals surface area (Å²) in [5.41, 5.74) is 0. The van der Waals surface area contributed by atoms with Crippen molar-refractivity contribution in [3.05, 3.63) is 33.9 Å². The first-order valence-corrected chi connectivity index (χ1v) is 9.03. The highest BCUT2D eigenvalue weighted by atomic mass is 35.5. The Kier molecular flexibility index (Phi) is 4.78. The fourth-order valence-corrected chi connectivity index (χ4v) is 4.32. The van der Waals surface area contributed by atoms with E-state index in [1.807, 2.05) is 13.8 Å².